The van der Waals surface area contributed by atoms with E-state index in [4.69, 9.17) is 5.11 Å². The van der Waals surface area contributed by atoms with Crippen LogP contribution in [-0.4, -0.2) is 26.8 Å². The molecule has 0 spiro atoms. The number of hydrogen-bond donors (Lipinski definition) is 2. The van der Waals surface area contributed by atoms with Crippen molar-refractivity contribution >= 4 is 5.69 Å². The Balaban J connectivity index is 2.44. The second-order valence-electron chi connectivity index (χ2n) is 4.15. The third kappa shape index (κ3) is 2.63. The lowest BCUT2D eigenvalue weighted by atomic mass is 10.0. The zero-order chi connectivity index (χ0) is 13.8. The molecule has 0 atom stereocenters. The smallest absolute Gasteiger partial charge is 0.269 e. The predicted molar refractivity (Wildman–Crippen MR) is 70.8 cm³/mol. The number of non-ortho nitro benzene ring substituents is 1. The van der Waals surface area contributed by atoms with Crippen molar-refractivity contribution in [2.24, 2.45) is 0 Å². The summed E-state index contributed by atoms with van der Waals surface area (Å²) in [6.07, 6.45) is 1.24. The van der Waals surface area contributed by atoms with Gasteiger partial charge in [-0.25, -0.2) is 0 Å². The van der Waals surface area contributed by atoms with E-state index in [9.17, 15) is 10.1 Å². The van der Waals surface area contributed by atoms with E-state index in [1.54, 1.807) is 12.1 Å². The number of hydrogen-bond acceptors (Lipinski definition) is 4. The van der Waals surface area contributed by atoms with Crippen LogP contribution in [0.4, 0.5) is 5.69 Å². The van der Waals surface area contributed by atoms with Crippen molar-refractivity contribution in [3.05, 3.63) is 45.8 Å². The summed E-state index contributed by atoms with van der Waals surface area (Å²) in [5, 5.41) is 26.8. The Kier molecular flexibility index (Phi) is 3.91. The summed E-state index contributed by atoms with van der Waals surface area (Å²) in [6.45, 7) is 2.03. The fourth-order valence-electron chi connectivity index (χ4n) is 2.06. The monoisotopic (exact) mass is 261 g/mol. The molecule has 2 rings (SSSR count). The number of benzene rings is 1. The maximum absolute atomic E-state index is 10.6. The second kappa shape index (κ2) is 5.62. The van der Waals surface area contributed by atoms with Crippen molar-refractivity contribution in [3.8, 4) is 11.1 Å². The van der Waals surface area contributed by atoms with Gasteiger partial charge in [-0.15, -0.1) is 0 Å². The molecule has 6 heteroatoms. The number of aliphatic hydroxyl groups is 1. The van der Waals surface area contributed by atoms with E-state index < -0.39 is 4.92 Å². The summed E-state index contributed by atoms with van der Waals surface area (Å²) in [6, 6.07) is 6.38. The van der Waals surface area contributed by atoms with Gasteiger partial charge < -0.3 is 5.11 Å². The quantitative estimate of drug-likeness (QED) is 0.636. The van der Waals surface area contributed by atoms with Crippen molar-refractivity contribution in [1.82, 2.24) is 10.2 Å². The molecule has 0 fully saturated rings. The van der Waals surface area contributed by atoms with E-state index >= 15 is 0 Å². The van der Waals surface area contributed by atoms with Crippen LogP contribution in [-0.2, 0) is 12.8 Å². The lowest BCUT2D eigenvalue weighted by Gasteiger charge is -2.04. The maximum Gasteiger partial charge on any atom is 0.269 e. The van der Waals surface area contributed by atoms with E-state index in [1.807, 2.05) is 6.92 Å². The highest BCUT2D eigenvalue weighted by molar-refractivity contribution is 5.69. The Labute approximate surface area is 110 Å². The van der Waals surface area contributed by atoms with E-state index in [0.717, 1.165) is 28.9 Å². The molecule has 0 aliphatic heterocycles. The first kappa shape index (κ1) is 13.2. The number of nitro benzene ring substituents is 1. The number of aryl methyl sites for hydroxylation is 1. The van der Waals surface area contributed by atoms with Crippen LogP contribution in [0.25, 0.3) is 11.1 Å². The summed E-state index contributed by atoms with van der Waals surface area (Å²) in [4.78, 5) is 10.2. The van der Waals surface area contributed by atoms with Gasteiger partial charge in [0.2, 0.25) is 0 Å². The number of aromatic nitrogens is 2. The molecule has 2 N–H and O–H groups in total. The fourth-order valence-corrected chi connectivity index (χ4v) is 2.06. The van der Waals surface area contributed by atoms with Crippen molar-refractivity contribution in [2.45, 2.75) is 19.8 Å². The molecule has 2 aromatic rings. The van der Waals surface area contributed by atoms with Gasteiger partial charge in [-0.2, -0.15) is 5.10 Å². The Hall–Kier alpha value is -2.21. The summed E-state index contributed by atoms with van der Waals surface area (Å²) in [7, 11) is 0. The lowest BCUT2D eigenvalue weighted by Crippen LogP contribution is -1.95. The zero-order valence-corrected chi connectivity index (χ0v) is 10.6. The molecule has 0 saturated carbocycles. The molecule has 6 nitrogen and oxygen atoms in total. The van der Waals surface area contributed by atoms with Crippen LogP contribution in [0.5, 0.6) is 0 Å². The molecule has 0 amide bonds. The molecule has 1 aromatic carbocycles. The summed E-state index contributed by atoms with van der Waals surface area (Å²) in [5.74, 6) is 0. The number of H-pyrrole nitrogens is 1. The van der Waals surface area contributed by atoms with Crippen LogP contribution in [0.15, 0.2) is 24.3 Å². The third-order valence-electron chi connectivity index (χ3n) is 2.98. The molecule has 0 unspecified atom stereocenters. The molecule has 0 aliphatic carbocycles. The Morgan fingerprint density at radius 3 is 2.58 bits per heavy atom. The Morgan fingerprint density at radius 2 is 2.05 bits per heavy atom. The van der Waals surface area contributed by atoms with E-state index in [1.165, 1.54) is 12.1 Å². The Bertz CT molecular complexity index is 575. The van der Waals surface area contributed by atoms with Crippen molar-refractivity contribution in [3.63, 3.8) is 0 Å². The summed E-state index contributed by atoms with van der Waals surface area (Å²) in [5.41, 5.74) is 3.63. The first-order valence-corrected chi connectivity index (χ1v) is 6.09. The average Bonchev–Trinajstić information content (AvgIpc) is 2.82. The molecule has 0 bridgehead atoms. The molecule has 100 valence electrons. The van der Waals surface area contributed by atoms with Crippen LogP contribution < -0.4 is 0 Å². The molecule has 1 aromatic heterocycles. The maximum atomic E-state index is 10.6. The van der Waals surface area contributed by atoms with Crippen LogP contribution in [0.1, 0.15) is 18.3 Å². The topological polar surface area (TPSA) is 92.0 Å². The van der Waals surface area contributed by atoms with E-state index in [-0.39, 0.29) is 12.3 Å². The van der Waals surface area contributed by atoms with Crippen molar-refractivity contribution < 1.29 is 10.0 Å². The van der Waals surface area contributed by atoms with Crippen LogP contribution in [0.2, 0.25) is 0 Å². The van der Waals surface area contributed by atoms with Gasteiger partial charge in [0.05, 0.1) is 10.6 Å². The standard InChI is InChI=1S/C13H15N3O3/c1-2-11-13(12(7-8-17)15-14-11)9-3-5-10(6-4-9)16(18)19/h3-6,17H,2,7-8H2,1H3,(H,14,15). The highest BCUT2D eigenvalue weighted by Gasteiger charge is 2.14. The van der Waals surface area contributed by atoms with Gasteiger partial charge in [-0.05, 0) is 24.1 Å². The van der Waals surface area contributed by atoms with Gasteiger partial charge >= 0.3 is 0 Å². The minimum absolute atomic E-state index is 0.0331. The van der Waals surface area contributed by atoms with Gasteiger partial charge in [0, 0.05) is 36.4 Å². The number of nitro groups is 1. The highest BCUT2D eigenvalue weighted by atomic mass is 16.6. The molecule has 0 aliphatic rings. The van der Waals surface area contributed by atoms with Gasteiger partial charge in [0.25, 0.3) is 5.69 Å². The number of nitrogens with one attached hydrogen (secondary N) is 1. The number of aromatic amines is 1. The molecule has 19 heavy (non-hydrogen) atoms. The normalized spacial score (nSPS) is 10.6. The fraction of sp³-hybridized carbons (Fsp3) is 0.308. The number of aliphatic hydroxyl groups excluding tert-OH is 1. The van der Waals surface area contributed by atoms with Crippen LogP contribution in [0.3, 0.4) is 0 Å². The number of nitrogens with zero attached hydrogens (tertiary/aromatic N) is 2. The first-order valence-electron chi connectivity index (χ1n) is 6.09. The van der Waals surface area contributed by atoms with Crippen LogP contribution in [0, 0.1) is 10.1 Å². The van der Waals surface area contributed by atoms with Crippen molar-refractivity contribution in [1.29, 1.82) is 0 Å². The third-order valence-corrected chi connectivity index (χ3v) is 2.98. The van der Waals surface area contributed by atoms with Gasteiger partial charge in [0.15, 0.2) is 0 Å². The molecule has 0 saturated heterocycles. The first-order chi connectivity index (χ1) is 9.17. The summed E-state index contributed by atoms with van der Waals surface area (Å²) >= 11 is 0. The van der Waals surface area contributed by atoms with Crippen LogP contribution >= 0.6 is 0 Å². The molecule has 0 radical (unpaired) electrons. The zero-order valence-electron chi connectivity index (χ0n) is 10.6. The lowest BCUT2D eigenvalue weighted by molar-refractivity contribution is -0.384. The summed E-state index contributed by atoms with van der Waals surface area (Å²) < 4.78 is 0. The van der Waals surface area contributed by atoms with Gasteiger partial charge in [-0.1, -0.05) is 6.92 Å². The largest absolute Gasteiger partial charge is 0.396 e. The Morgan fingerprint density at radius 1 is 1.37 bits per heavy atom. The van der Waals surface area contributed by atoms with Crippen molar-refractivity contribution in [2.75, 3.05) is 6.61 Å². The molecular formula is C13H15N3O3. The SMILES string of the molecule is CCc1n[nH]c(CCO)c1-c1ccc([N+](=O)[O-])cc1. The predicted octanol–water partition coefficient (Wildman–Crippen LogP) is 2.08. The molecular weight excluding hydrogens is 246 g/mol. The highest BCUT2D eigenvalue weighted by Crippen LogP contribution is 2.28. The molecule has 1 heterocycles. The van der Waals surface area contributed by atoms with E-state index in [2.05, 4.69) is 10.2 Å². The minimum Gasteiger partial charge on any atom is -0.396 e. The minimum atomic E-state index is -0.422. The average molecular weight is 261 g/mol. The van der Waals surface area contributed by atoms with Gasteiger partial charge in [-0.3, -0.25) is 15.2 Å². The number of rotatable bonds is 5. The van der Waals surface area contributed by atoms with Gasteiger partial charge in [0.1, 0.15) is 0 Å². The van der Waals surface area contributed by atoms with E-state index in [0.29, 0.717) is 6.42 Å². The second-order valence-corrected chi connectivity index (χ2v) is 4.15.